The smallest absolute Gasteiger partial charge is 0.323 e. The van der Waals surface area contributed by atoms with Gasteiger partial charge in [-0.1, -0.05) is 6.92 Å². The maximum Gasteiger partial charge on any atom is 0.323 e. The van der Waals surface area contributed by atoms with Gasteiger partial charge in [0.25, 0.3) is 5.91 Å². The number of aromatic nitrogens is 1. The minimum Gasteiger partial charge on any atom is -0.481 e. The summed E-state index contributed by atoms with van der Waals surface area (Å²) in [6, 6.07) is 2.69. The molecule has 1 aromatic rings. The number of amides is 1. The van der Waals surface area contributed by atoms with Crippen molar-refractivity contribution in [2.75, 3.05) is 13.1 Å². The van der Waals surface area contributed by atoms with Gasteiger partial charge in [0.2, 0.25) is 0 Å². The number of carbonyl (C=O) groups is 2. The van der Waals surface area contributed by atoms with E-state index in [0.29, 0.717) is 13.1 Å². The van der Waals surface area contributed by atoms with Crippen LogP contribution in [0.1, 0.15) is 17.4 Å². The summed E-state index contributed by atoms with van der Waals surface area (Å²) < 4.78 is 1.23. The van der Waals surface area contributed by atoms with Crippen LogP contribution in [0.25, 0.3) is 0 Å². The Kier molecular flexibility index (Phi) is 3.47. The number of aliphatic carboxylic acids is 1. The molecule has 1 aliphatic rings. The van der Waals surface area contributed by atoms with E-state index < -0.39 is 16.8 Å². The number of rotatable bonds is 4. The molecular weight excluding hydrogens is 266 g/mol. The lowest BCUT2D eigenvalue weighted by Crippen LogP contribution is -2.53. The standard InChI is InChI=1S/C12H15N3O5/c1-7(12(17)18)8-5-14(6-8)11(16)9-3-4-10(13(9)2)15(19)20/h3-4,7-8H,5-6H2,1-2H3,(H,17,18). The van der Waals surface area contributed by atoms with Crippen LogP contribution in [0.5, 0.6) is 0 Å². The summed E-state index contributed by atoms with van der Waals surface area (Å²) in [4.78, 5) is 34.7. The summed E-state index contributed by atoms with van der Waals surface area (Å²) in [5, 5.41) is 19.6. The Morgan fingerprint density at radius 1 is 1.45 bits per heavy atom. The number of carboxylic acids is 1. The lowest BCUT2D eigenvalue weighted by atomic mass is 9.87. The van der Waals surface area contributed by atoms with Crippen LogP contribution in [0.3, 0.4) is 0 Å². The van der Waals surface area contributed by atoms with Gasteiger partial charge in [0.05, 0.1) is 13.0 Å². The minimum atomic E-state index is -0.878. The lowest BCUT2D eigenvalue weighted by Gasteiger charge is -2.40. The van der Waals surface area contributed by atoms with Crippen LogP contribution in [0.15, 0.2) is 12.1 Å². The first-order chi connectivity index (χ1) is 9.32. The van der Waals surface area contributed by atoms with Crippen molar-refractivity contribution in [3.63, 3.8) is 0 Å². The van der Waals surface area contributed by atoms with Crippen molar-refractivity contribution in [3.05, 3.63) is 27.9 Å². The molecule has 1 atom stereocenters. The summed E-state index contributed by atoms with van der Waals surface area (Å²) in [5.41, 5.74) is 0.234. The van der Waals surface area contributed by atoms with Crippen LogP contribution in [-0.2, 0) is 11.8 Å². The van der Waals surface area contributed by atoms with Crippen molar-refractivity contribution >= 4 is 17.7 Å². The molecule has 20 heavy (non-hydrogen) atoms. The zero-order chi connectivity index (χ0) is 15.0. The van der Waals surface area contributed by atoms with Gasteiger partial charge < -0.3 is 20.1 Å². The second-order valence-electron chi connectivity index (χ2n) is 4.99. The number of carbonyl (C=O) groups excluding carboxylic acids is 1. The monoisotopic (exact) mass is 281 g/mol. The van der Waals surface area contributed by atoms with Crippen LogP contribution in [0, 0.1) is 22.0 Å². The van der Waals surface area contributed by atoms with Crippen molar-refractivity contribution in [2.24, 2.45) is 18.9 Å². The Bertz CT molecular complexity index is 574. The molecule has 2 rings (SSSR count). The average molecular weight is 281 g/mol. The fraction of sp³-hybridized carbons (Fsp3) is 0.500. The van der Waals surface area contributed by atoms with Gasteiger partial charge in [-0.25, -0.2) is 4.57 Å². The third-order valence-corrected chi connectivity index (χ3v) is 3.80. The summed E-state index contributed by atoms with van der Waals surface area (Å²) >= 11 is 0. The zero-order valence-electron chi connectivity index (χ0n) is 11.1. The normalized spacial score (nSPS) is 16.6. The Hall–Kier alpha value is -2.38. The van der Waals surface area contributed by atoms with Gasteiger partial charge >= 0.3 is 11.8 Å². The van der Waals surface area contributed by atoms with Gasteiger partial charge in [0, 0.05) is 25.1 Å². The highest BCUT2D eigenvalue weighted by atomic mass is 16.6. The van der Waals surface area contributed by atoms with Gasteiger partial charge in [-0.2, -0.15) is 0 Å². The molecule has 0 radical (unpaired) electrons. The fourth-order valence-electron chi connectivity index (χ4n) is 2.26. The highest BCUT2D eigenvalue weighted by Crippen LogP contribution is 2.26. The highest BCUT2D eigenvalue weighted by molar-refractivity contribution is 5.94. The maximum atomic E-state index is 12.2. The average Bonchev–Trinajstić information content (AvgIpc) is 2.68. The van der Waals surface area contributed by atoms with E-state index in [4.69, 9.17) is 5.11 Å². The Balaban J connectivity index is 2.05. The molecule has 0 spiro atoms. The first-order valence-corrected chi connectivity index (χ1v) is 6.15. The molecule has 0 aliphatic carbocycles. The van der Waals surface area contributed by atoms with Gasteiger partial charge in [0.15, 0.2) is 5.69 Å². The first kappa shape index (κ1) is 14.0. The third kappa shape index (κ3) is 2.24. The van der Waals surface area contributed by atoms with Crippen LogP contribution in [-0.4, -0.2) is 44.5 Å². The van der Waals surface area contributed by atoms with E-state index in [1.165, 1.54) is 28.6 Å². The summed E-state index contributed by atoms with van der Waals surface area (Å²) in [6.45, 7) is 2.35. The molecule has 0 aromatic carbocycles. The molecular formula is C12H15N3O5. The Morgan fingerprint density at radius 2 is 2.05 bits per heavy atom. The molecule has 1 unspecified atom stereocenters. The SMILES string of the molecule is CC(C(=O)O)C1CN(C(=O)c2ccc([N+](=O)[O-])n2C)C1. The number of likely N-dealkylation sites (tertiary alicyclic amines) is 1. The predicted molar refractivity (Wildman–Crippen MR) is 68.3 cm³/mol. The minimum absolute atomic E-state index is 0.0632. The molecule has 1 fully saturated rings. The van der Waals surface area contributed by atoms with Gasteiger partial charge in [-0.15, -0.1) is 0 Å². The summed E-state index contributed by atoms with van der Waals surface area (Å²) in [6.07, 6.45) is 0. The van der Waals surface area contributed by atoms with Crippen molar-refractivity contribution in [3.8, 4) is 0 Å². The third-order valence-electron chi connectivity index (χ3n) is 3.80. The number of nitro groups is 1. The van der Waals surface area contributed by atoms with E-state index in [1.807, 2.05) is 0 Å². The van der Waals surface area contributed by atoms with E-state index in [1.54, 1.807) is 6.92 Å². The largest absolute Gasteiger partial charge is 0.481 e. The maximum absolute atomic E-state index is 12.2. The number of nitrogens with zero attached hydrogens (tertiary/aromatic N) is 3. The van der Waals surface area contributed by atoms with E-state index in [2.05, 4.69) is 0 Å². The van der Waals surface area contributed by atoms with Crippen molar-refractivity contribution in [1.29, 1.82) is 0 Å². The Labute approximate surface area is 114 Å². The van der Waals surface area contributed by atoms with E-state index in [0.717, 1.165) is 0 Å². The molecule has 1 aromatic heterocycles. The van der Waals surface area contributed by atoms with Gasteiger partial charge in [-0.3, -0.25) is 9.59 Å². The molecule has 1 N–H and O–H groups in total. The summed E-state index contributed by atoms with van der Waals surface area (Å²) in [5.74, 6) is -1.90. The molecule has 108 valence electrons. The second-order valence-corrected chi connectivity index (χ2v) is 4.99. The lowest BCUT2D eigenvalue weighted by molar-refractivity contribution is -0.391. The predicted octanol–water partition coefficient (Wildman–Crippen LogP) is 0.726. The Morgan fingerprint density at radius 3 is 2.50 bits per heavy atom. The van der Waals surface area contributed by atoms with Crippen molar-refractivity contribution in [1.82, 2.24) is 9.47 Å². The van der Waals surface area contributed by atoms with E-state index in [9.17, 15) is 19.7 Å². The fourth-order valence-corrected chi connectivity index (χ4v) is 2.26. The summed E-state index contributed by atoms with van der Waals surface area (Å²) in [7, 11) is 1.46. The van der Waals surface area contributed by atoms with Gasteiger partial charge in [0.1, 0.15) is 0 Å². The highest BCUT2D eigenvalue weighted by Gasteiger charge is 2.39. The number of hydrogen-bond donors (Lipinski definition) is 1. The second kappa shape index (κ2) is 4.95. The van der Waals surface area contributed by atoms with Crippen molar-refractivity contribution < 1.29 is 19.6 Å². The molecule has 1 saturated heterocycles. The van der Waals surface area contributed by atoms with Crippen LogP contribution in [0.4, 0.5) is 5.82 Å². The van der Waals surface area contributed by atoms with E-state index in [-0.39, 0.29) is 23.3 Å². The molecule has 8 heteroatoms. The van der Waals surface area contributed by atoms with Crippen molar-refractivity contribution in [2.45, 2.75) is 6.92 Å². The molecule has 1 amide bonds. The topological polar surface area (TPSA) is 106 Å². The number of carboxylic acid groups (broad SMARTS) is 1. The first-order valence-electron chi connectivity index (χ1n) is 6.15. The molecule has 0 saturated carbocycles. The molecule has 8 nitrogen and oxygen atoms in total. The van der Waals surface area contributed by atoms with Crippen LogP contribution >= 0.6 is 0 Å². The molecule has 1 aliphatic heterocycles. The van der Waals surface area contributed by atoms with Gasteiger partial charge in [-0.05, 0) is 11.0 Å². The molecule has 0 bridgehead atoms. The van der Waals surface area contributed by atoms with Crippen LogP contribution in [0.2, 0.25) is 0 Å². The quantitative estimate of drug-likeness (QED) is 0.646. The molecule has 2 heterocycles. The number of hydrogen-bond acceptors (Lipinski definition) is 4. The zero-order valence-corrected chi connectivity index (χ0v) is 11.1. The van der Waals surface area contributed by atoms with E-state index >= 15 is 0 Å². The van der Waals surface area contributed by atoms with Crippen LogP contribution < -0.4 is 0 Å².